The van der Waals surface area contributed by atoms with Crippen molar-refractivity contribution in [1.29, 1.82) is 0 Å². The van der Waals surface area contributed by atoms with Crippen LogP contribution in [0, 0.1) is 11.6 Å². The smallest absolute Gasteiger partial charge is 0.317 e. The zero-order chi connectivity index (χ0) is 17.0. The molecule has 2 amide bonds. The quantitative estimate of drug-likeness (QED) is 0.828. The van der Waals surface area contributed by atoms with Crippen molar-refractivity contribution < 1.29 is 22.4 Å². The lowest BCUT2D eigenvalue weighted by Crippen LogP contribution is -2.46. The predicted molar refractivity (Wildman–Crippen MR) is 78.2 cm³/mol. The molecule has 23 heavy (non-hydrogen) atoms. The number of carbonyl (C=O) groups is 1. The molecule has 1 aliphatic carbocycles. The van der Waals surface area contributed by atoms with Crippen LogP contribution in [0.15, 0.2) is 18.2 Å². The van der Waals surface area contributed by atoms with Crippen LogP contribution in [0.1, 0.15) is 38.2 Å². The molecule has 0 aromatic heterocycles. The van der Waals surface area contributed by atoms with Crippen molar-refractivity contribution in [2.45, 2.75) is 51.1 Å². The number of nitrogens with one attached hydrogen (secondary N) is 1. The van der Waals surface area contributed by atoms with Gasteiger partial charge in [0.2, 0.25) is 5.92 Å². The Labute approximate surface area is 132 Å². The summed E-state index contributed by atoms with van der Waals surface area (Å²) in [5.74, 6) is -4.09. The highest BCUT2D eigenvalue weighted by Crippen LogP contribution is 2.33. The van der Waals surface area contributed by atoms with Gasteiger partial charge in [0.15, 0.2) is 0 Å². The maximum Gasteiger partial charge on any atom is 0.317 e. The van der Waals surface area contributed by atoms with E-state index in [1.54, 1.807) is 6.92 Å². The van der Waals surface area contributed by atoms with E-state index in [4.69, 9.17) is 0 Å². The minimum atomic E-state index is -2.66. The average Bonchev–Trinajstić information content (AvgIpc) is 2.49. The van der Waals surface area contributed by atoms with Crippen LogP contribution in [-0.4, -0.2) is 29.4 Å². The summed E-state index contributed by atoms with van der Waals surface area (Å²) in [5, 5.41) is 2.68. The van der Waals surface area contributed by atoms with E-state index >= 15 is 0 Å². The van der Waals surface area contributed by atoms with Gasteiger partial charge < -0.3 is 10.2 Å². The fourth-order valence-electron chi connectivity index (χ4n) is 2.65. The topological polar surface area (TPSA) is 32.3 Å². The first kappa shape index (κ1) is 17.6. The number of benzene rings is 1. The summed E-state index contributed by atoms with van der Waals surface area (Å²) in [7, 11) is 0. The maximum absolute atomic E-state index is 13.7. The summed E-state index contributed by atoms with van der Waals surface area (Å²) < 4.78 is 53.6. The van der Waals surface area contributed by atoms with Gasteiger partial charge in [0, 0.05) is 31.0 Å². The second kappa shape index (κ2) is 7.19. The van der Waals surface area contributed by atoms with Gasteiger partial charge in [-0.05, 0) is 31.9 Å². The summed E-state index contributed by atoms with van der Waals surface area (Å²) in [5.41, 5.74) is -0.181. The van der Waals surface area contributed by atoms with Crippen LogP contribution < -0.4 is 5.32 Å². The molecule has 1 N–H and O–H groups in total. The van der Waals surface area contributed by atoms with Crippen LogP contribution in [0.25, 0.3) is 0 Å². The van der Waals surface area contributed by atoms with Crippen molar-refractivity contribution in [2.75, 3.05) is 6.54 Å². The zero-order valence-electron chi connectivity index (χ0n) is 12.9. The lowest BCUT2D eigenvalue weighted by atomic mass is 9.92. The van der Waals surface area contributed by atoms with E-state index in [2.05, 4.69) is 5.32 Å². The number of urea groups is 1. The summed E-state index contributed by atoms with van der Waals surface area (Å²) in [6.45, 7) is 1.74. The Hall–Kier alpha value is -1.79. The van der Waals surface area contributed by atoms with Crippen LogP contribution in [0.5, 0.6) is 0 Å². The third-order valence-corrected chi connectivity index (χ3v) is 4.12. The van der Waals surface area contributed by atoms with E-state index in [1.165, 1.54) is 11.0 Å². The normalized spacial score (nSPS) is 17.8. The van der Waals surface area contributed by atoms with Crippen molar-refractivity contribution in [2.24, 2.45) is 0 Å². The van der Waals surface area contributed by atoms with Crippen molar-refractivity contribution in [3.8, 4) is 0 Å². The number of amides is 2. The molecule has 1 aromatic carbocycles. The molecule has 3 nitrogen and oxygen atoms in total. The molecule has 0 saturated heterocycles. The van der Waals surface area contributed by atoms with Gasteiger partial charge in [0.25, 0.3) is 0 Å². The van der Waals surface area contributed by atoms with Crippen molar-refractivity contribution >= 4 is 6.03 Å². The van der Waals surface area contributed by atoms with Crippen LogP contribution in [0.4, 0.5) is 22.4 Å². The first-order valence-electron chi connectivity index (χ1n) is 7.68. The standard InChI is InChI=1S/C16H20F4N2O/c1-2-22(10-12-13(17)4-3-5-14(12)18)15(23)21-11-6-8-16(19,20)9-7-11/h3-5,11H,2,6-10H2,1H3,(H,21,23). The Morgan fingerprint density at radius 2 is 1.83 bits per heavy atom. The number of halogens is 4. The monoisotopic (exact) mass is 332 g/mol. The Bertz CT molecular complexity index is 535. The van der Waals surface area contributed by atoms with Gasteiger partial charge in [-0.15, -0.1) is 0 Å². The van der Waals surface area contributed by atoms with Crippen molar-refractivity contribution in [1.82, 2.24) is 10.2 Å². The summed E-state index contributed by atoms with van der Waals surface area (Å²) in [6, 6.07) is 2.69. The van der Waals surface area contributed by atoms with E-state index in [-0.39, 0.29) is 50.4 Å². The summed E-state index contributed by atoms with van der Waals surface area (Å²) in [4.78, 5) is 13.5. The molecule has 0 aliphatic heterocycles. The second-order valence-corrected chi connectivity index (χ2v) is 5.79. The zero-order valence-corrected chi connectivity index (χ0v) is 12.9. The highest BCUT2D eigenvalue weighted by atomic mass is 19.3. The van der Waals surface area contributed by atoms with Crippen LogP contribution >= 0.6 is 0 Å². The molecule has 2 rings (SSSR count). The second-order valence-electron chi connectivity index (χ2n) is 5.79. The minimum absolute atomic E-state index is 0.181. The molecule has 128 valence electrons. The molecule has 1 saturated carbocycles. The number of hydrogen-bond donors (Lipinski definition) is 1. The molecule has 0 bridgehead atoms. The van der Waals surface area contributed by atoms with E-state index < -0.39 is 23.6 Å². The fourth-order valence-corrected chi connectivity index (χ4v) is 2.65. The van der Waals surface area contributed by atoms with Crippen molar-refractivity contribution in [3.63, 3.8) is 0 Å². The molecule has 0 spiro atoms. The van der Waals surface area contributed by atoms with E-state index in [1.807, 2.05) is 0 Å². The molecule has 0 radical (unpaired) electrons. The largest absolute Gasteiger partial charge is 0.335 e. The molecule has 1 aliphatic rings. The third-order valence-electron chi connectivity index (χ3n) is 4.12. The van der Waals surface area contributed by atoms with Gasteiger partial charge in [-0.2, -0.15) is 0 Å². The summed E-state index contributed by atoms with van der Waals surface area (Å²) in [6.07, 6.45) is -0.118. The lowest BCUT2D eigenvalue weighted by Gasteiger charge is -2.31. The predicted octanol–water partition coefficient (Wildman–Crippen LogP) is 4.07. The van der Waals surface area contributed by atoms with Gasteiger partial charge in [-0.3, -0.25) is 0 Å². The highest BCUT2D eigenvalue weighted by molar-refractivity contribution is 5.74. The van der Waals surface area contributed by atoms with Crippen molar-refractivity contribution in [3.05, 3.63) is 35.4 Å². The lowest BCUT2D eigenvalue weighted by molar-refractivity contribution is -0.0398. The van der Waals surface area contributed by atoms with E-state index in [0.717, 1.165) is 12.1 Å². The van der Waals surface area contributed by atoms with Gasteiger partial charge in [-0.25, -0.2) is 22.4 Å². The Kier molecular flexibility index (Phi) is 5.49. The first-order chi connectivity index (χ1) is 10.8. The Morgan fingerprint density at radius 3 is 2.35 bits per heavy atom. The average molecular weight is 332 g/mol. The molecule has 7 heteroatoms. The maximum atomic E-state index is 13.7. The minimum Gasteiger partial charge on any atom is -0.335 e. The molecule has 0 heterocycles. The number of hydrogen-bond acceptors (Lipinski definition) is 1. The molecule has 0 unspecified atom stereocenters. The van der Waals surface area contributed by atoms with Crippen LogP contribution in [0.3, 0.4) is 0 Å². The molecule has 0 atom stereocenters. The number of rotatable bonds is 4. The number of carbonyl (C=O) groups excluding carboxylic acids is 1. The highest BCUT2D eigenvalue weighted by Gasteiger charge is 2.35. The van der Waals surface area contributed by atoms with Gasteiger partial charge in [-0.1, -0.05) is 6.07 Å². The van der Waals surface area contributed by atoms with E-state index in [9.17, 15) is 22.4 Å². The first-order valence-corrected chi connectivity index (χ1v) is 7.68. The van der Waals surface area contributed by atoms with Crippen LogP contribution in [0.2, 0.25) is 0 Å². The van der Waals surface area contributed by atoms with Gasteiger partial charge >= 0.3 is 6.03 Å². The van der Waals surface area contributed by atoms with Gasteiger partial charge in [0.1, 0.15) is 11.6 Å². The Balaban J connectivity index is 1.97. The molecule has 1 fully saturated rings. The van der Waals surface area contributed by atoms with Crippen LogP contribution in [-0.2, 0) is 6.54 Å². The molecular formula is C16H20F4N2O. The third kappa shape index (κ3) is 4.59. The number of nitrogens with zero attached hydrogens (tertiary/aromatic N) is 1. The molecular weight excluding hydrogens is 312 g/mol. The number of alkyl halides is 2. The molecule has 1 aromatic rings. The fraction of sp³-hybridized carbons (Fsp3) is 0.562. The Morgan fingerprint density at radius 1 is 1.26 bits per heavy atom. The van der Waals surface area contributed by atoms with Gasteiger partial charge in [0.05, 0.1) is 6.54 Å². The van der Waals surface area contributed by atoms with E-state index in [0.29, 0.717) is 0 Å². The summed E-state index contributed by atoms with van der Waals surface area (Å²) >= 11 is 0. The SMILES string of the molecule is CCN(Cc1c(F)cccc1F)C(=O)NC1CCC(F)(F)CC1.